The van der Waals surface area contributed by atoms with Gasteiger partial charge < -0.3 is 71.4 Å². The van der Waals surface area contributed by atoms with E-state index >= 15 is 26.3 Å². The minimum atomic E-state index is -5.41. The smallest absolute Gasteiger partial charge is 0.420 e. The van der Waals surface area contributed by atoms with Gasteiger partial charge in [-0.1, -0.05) is 19.9 Å². The molecule has 1 aliphatic carbocycles. The van der Waals surface area contributed by atoms with Crippen LogP contribution in [0.25, 0.3) is 0 Å². The summed E-state index contributed by atoms with van der Waals surface area (Å²) in [6.07, 6.45) is -10.8. The summed E-state index contributed by atoms with van der Waals surface area (Å²) in [5.41, 5.74) is -11.0. The van der Waals surface area contributed by atoms with Gasteiger partial charge in [0.25, 0.3) is 0 Å². The lowest BCUT2D eigenvalue weighted by atomic mass is 9.61. The Morgan fingerprint density at radius 2 is 0.800 bits per heavy atom. The van der Waals surface area contributed by atoms with E-state index in [4.69, 9.17) is 52.1 Å². The van der Waals surface area contributed by atoms with Crippen LogP contribution in [0.5, 0.6) is 23.0 Å². The van der Waals surface area contributed by atoms with Crippen molar-refractivity contribution in [3.8, 4) is 23.0 Å². The number of halogens is 6. The van der Waals surface area contributed by atoms with Crippen LogP contribution in [-0.2, 0) is 114 Å². The first kappa shape index (κ1) is 68.9. The van der Waals surface area contributed by atoms with Crippen molar-refractivity contribution >= 4 is 77.0 Å². The van der Waals surface area contributed by atoms with Crippen LogP contribution >= 0.6 is 0 Å². The van der Waals surface area contributed by atoms with Crippen LogP contribution in [-0.4, -0.2) is 132 Å². The molecule has 0 N–H and O–H groups in total. The van der Waals surface area contributed by atoms with Crippen LogP contribution < -0.4 is 28.7 Å². The van der Waals surface area contributed by atoms with E-state index in [1.165, 1.54) is 32.0 Å². The lowest BCUT2D eigenvalue weighted by Crippen LogP contribution is -2.42. The molecule has 6 rings (SSSR count). The van der Waals surface area contributed by atoms with E-state index in [2.05, 4.69) is 9.47 Å². The number of alkyl halides is 6. The number of fused-ring (bicyclic) bond motifs is 6. The molecule has 4 aromatic carbocycles. The predicted molar refractivity (Wildman–Crippen MR) is 287 cm³/mol. The van der Waals surface area contributed by atoms with E-state index < -0.39 is 212 Å². The van der Waals surface area contributed by atoms with Crippen LogP contribution in [0.3, 0.4) is 0 Å². The van der Waals surface area contributed by atoms with Gasteiger partial charge >= 0.3 is 78.0 Å². The number of ether oxygens (including phenoxy) is 13. The van der Waals surface area contributed by atoms with Crippen molar-refractivity contribution in [1.29, 1.82) is 0 Å². The molecule has 32 heteroatoms. The normalized spacial score (nSPS) is 13.1. The number of hydrogen-bond acceptors (Lipinski definition) is 26. The van der Waals surface area contributed by atoms with Crippen LogP contribution in [0.15, 0.2) is 54.6 Å². The number of esters is 11. The molecule has 0 amide bonds. The summed E-state index contributed by atoms with van der Waals surface area (Å²) >= 11 is 0. The van der Waals surface area contributed by atoms with Crippen molar-refractivity contribution in [3.05, 3.63) is 105 Å². The fourth-order valence-electron chi connectivity index (χ4n) is 9.30. The first-order valence-electron chi connectivity index (χ1n) is 26.4. The van der Waals surface area contributed by atoms with Crippen LogP contribution in [0, 0.1) is 6.92 Å². The number of benzene rings is 4. The van der Waals surface area contributed by atoms with Gasteiger partial charge in [-0.25, -0.2) is 4.79 Å². The molecule has 1 spiro atoms. The summed E-state index contributed by atoms with van der Waals surface area (Å²) in [4.78, 5) is 141. The van der Waals surface area contributed by atoms with Crippen molar-refractivity contribution in [2.45, 2.75) is 85.7 Å². The van der Waals surface area contributed by atoms with Crippen molar-refractivity contribution in [3.63, 3.8) is 0 Å². The van der Waals surface area contributed by atoms with E-state index in [1.807, 2.05) is 0 Å². The molecule has 0 unspecified atom stereocenters. The molecule has 0 radical (unpaired) electrons. The van der Waals surface area contributed by atoms with Crippen molar-refractivity contribution in [1.82, 2.24) is 0 Å². The number of rotatable bonds is 25. The number of nitrogens with zero attached hydrogens (tertiary/aromatic N) is 2. The fourth-order valence-corrected chi connectivity index (χ4v) is 9.30. The molecule has 2 aliphatic rings. The first-order chi connectivity index (χ1) is 42.0. The molecule has 1 aliphatic heterocycles. The quantitative estimate of drug-likeness (QED) is 0.0175. The highest BCUT2D eigenvalue weighted by Gasteiger charge is 2.58. The number of hydrogen-bond donors (Lipinski definition) is 0. The minimum absolute atomic E-state index is 0.0151. The Morgan fingerprint density at radius 1 is 0.444 bits per heavy atom. The van der Waals surface area contributed by atoms with Crippen LogP contribution in [0.4, 0.5) is 37.7 Å². The Balaban J connectivity index is 1.60. The second kappa shape index (κ2) is 28.3. The average Bonchev–Trinajstić information content (AvgIpc) is 1.31. The Labute approximate surface area is 506 Å². The summed E-state index contributed by atoms with van der Waals surface area (Å²) in [7, 11) is 0. The van der Waals surface area contributed by atoms with Gasteiger partial charge in [0.05, 0.1) is 28.1 Å². The molecule has 0 bridgehead atoms. The lowest BCUT2D eigenvalue weighted by molar-refractivity contribution is -0.167. The topological polar surface area (TPSA) is 314 Å². The maximum atomic E-state index is 15.4. The van der Waals surface area contributed by atoms with Crippen molar-refractivity contribution in [2.75, 3.05) is 76.4 Å². The summed E-state index contributed by atoms with van der Waals surface area (Å²) < 4.78 is 160. The van der Waals surface area contributed by atoms with Gasteiger partial charge in [-0.15, -0.1) is 0 Å². The SMILES string of the molecule is CC(=O)OCOC(=O)CN(CC(=O)OCOC(C)=O)c1ccc(C)cc1OCCOc1cc2c(cc1N(CC(=O)OCOC(C)=O)CC(=O)OCOC(C)=O)C(=O)OC21c2cc(C(F)(F)F)c(OC(C)=O)cc2C(C)(C)c2cc(OC(C)=O)c(C(F)(F)F)cc21. The third kappa shape index (κ3) is 16.9. The Hall–Kier alpha value is -10.2. The second-order valence-corrected chi connectivity index (χ2v) is 20.0. The largest absolute Gasteiger partial charge is 0.488 e. The Bertz CT molecular complexity index is 3370. The minimum Gasteiger partial charge on any atom is -0.488 e. The highest BCUT2D eigenvalue weighted by molar-refractivity contribution is 5.99. The zero-order valence-corrected chi connectivity index (χ0v) is 49.2. The summed E-state index contributed by atoms with van der Waals surface area (Å²) in [6, 6.07) is 8.60. The van der Waals surface area contributed by atoms with Gasteiger partial charge in [-0.3, -0.25) is 47.9 Å². The maximum absolute atomic E-state index is 15.4. The Morgan fingerprint density at radius 3 is 1.16 bits per heavy atom. The lowest BCUT2D eigenvalue weighted by Gasteiger charge is -2.45. The highest BCUT2D eigenvalue weighted by Crippen LogP contribution is 2.61. The molecular weight excluding hydrogens is 1220 g/mol. The third-order valence-corrected chi connectivity index (χ3v) is 13.0. The molecule has 90 heavy (non-hydrogen) atoms. The molecule has 484 valence electrons. The van der Waals surface area contributed by atoms with Gasteiger partial charge in [0.15, 0.2) is 5.60 Å². The summed E-state index contributed by atoms with van der Waals surface area (Å²) in [5, 5.41) is 0. The van der Waals surface area contributed by atoms with Gasteiger partial charge in [0, 0.05) is 63.6 Å². The number of carbonyl (C=O) groups is 11. The predicted octanol–water partition coefficient (Wildman–Crippen LogP) is 6.31. The van der Waals surface area contributed by atoms with Crippen LogP contribution in [0.2, 0.25) is 0 Å². The Kier molecular flexibility index (Phi) is 21.7. The molecule has 0 aromatic heterocycles. The molecule has 0 atom stereocenters. The van der Waals surface area contributed by atoms with Gasteiger partial charge in [-0.2, -0.15) is 26.3 Å². The summed E-state index contributed by atoms with van der Waals surface area (Å²) in [5.74, 6) is -14.8. The summed E-state index contributed by atoms with van der Waals surface area (Å²) in [6.45, 7) is 1.48. The zero-order valence-electron chi connectivity index (χ0n) is 49.2. The molecule has 4 aromatic rings. The molecule has 0 saturated carbocycles. The first-order valence-corrected chi connectivity index (χ1v) is 26.4. The number of anilines is 2. The van der Waals surface area contributed by atoms with E-state index in [0.717, 1.165) is 75.6 Å². The maximum Gasteiger partial charge on any atom is 0.420 e. The second-order valence-electron chi connectivity index (χ2n) is 20.0. The highest BCUT2D eigenvalue weighted by atomic mass is 19.4. The van der Waals surface area contributed by atoms with Crippen LogP contribution in [0.1, 0.15) is 110 Å². The number of aryl methyl sites for hydroxylation is 1. The molecule has 1 heterocycles. The van der Waals surface area contributed by atoms with Gasteiger partial charge in [0.1, 0.15) is 62.4 Å². The van der Waals surface area contributed by atoms with E-state index in [9.17, 15) is 52.7 Å². The monoisotopic (exact) mass is 1280 g/mol. The number of carbonyl (C=O) groups excluding carboxylic acids is 11. The molecule has 26 nitrogen and oxygen atoms in total. The van der Waals surface area contributed by atoms with Crippen molar-refractivity contribution < 1.29 is 141 Å². The van der Waals surface area contributed by atoms with Crippen molar-refractivity contribution in [2.24, 2.45) is 0 Å². The molecular formula is C58H56F6N2O24. The molecule has 0 fully saturated rings. The third-order valence-electron chi connectivity index (χ3n) is 13.0. The standard InChI is InChI=1S/C58H56F6N2O24/c1-29-10-11-44(65(21-50(73)84-25-80-30(2)67)22-51(74)85-26-81-31(3)68)48(14-29)78-12-13-79-49-18-37-36(15-45(49)66(23-52(75)86-27-82-32(4)69)24-53(76)87-28-83-33(5)70)54(77)90-56(37)40-16-42(57(59,60)61)46(88-34(6)71)19-38(40)55(8,9)39-20-47(89-35(7)72)43(17-41(39)56)58(62,63)64/h10-11,14-20H,12-13,21-28H2,1-9H3. The fraction of sp³-hybridized carbons (Fsp3) is 0.397. The van der Waals surface area contributed by atoms with Gasteiger partial charge in [0.2, 0.25) is 27.2 Å². The average molecular weight is 1280 g/mol. The van der Waals surface area contributed by atoms with E-state index in [0.29, 0.717) is 17.7 Å². The molecule has 0 saturated heterocycles. The van der Waals surface area contributed by atoms with E-state index in [1.54, 1.807) is 6.92 Å². The zero-order chi connectivity index (χ0) is 66.8. The van der Waals surface area contributed by atoms with E-state index in [-0.39, 0.29) is 22.6 Å². The van der Waals surface area contributed by atoms with Gasteiger partial charge in [-0.05, 0) is 72.1 Å².